The van der Waals surface area contributed by atoms with E-state index in [4.69, 9.17) is 4.74 Å². The summed E-state index contributed by atoms with van der Waals surface area (Å²) in [5.74, 6) is -0.432. The number of methoxy groups -OCH3 is 1. The maximum absolute atomic E-state index is 12.0. The van der Waals surface area contributed by atoms with Gasteiger partial charge in [0.15, 0.2) is 0 Å². The topological polar surface area (TPSA) is 58.6 Å². The van der Waals surface area contributed by atoms with Crippen molar-refractivity contribution in [2.45, 2.75) is 13.0 Å². The molecule has 1 atom stereocenters. The highest BCUT2D eigenvalue weighted by atomic mass is 79.9. The Hall–Kier alpha value is -1.34. The van der Waals surface area contributed by atoms with Crippen LogP contribution >= 0.6 is 27.3 Å². The van der Waals surface area contributed by atoms with Crippen LogP contribution in [-0.4, -0.2) is 31.1 Å². The van der Waals surface area contributed by atoms with Crippen LogP contribution < -0.4 is 5.32 Å². The van der Waals surface area contributed by atoms with E-state index in [0.717, 1.165) is 9.35 Å². The van der Waals surface area contributed by atoms with Gasteiger partial charge in [-0.1, -0.05) is 0 Å². The van der Waals surface area contributed by atoms with Gasteiger partial charge in [0.05, 0.1) is 18.7 Å². The summed E-state index contributed by atoms with van der Waals surface area (Å²) in [6, 6.07) is 1.18. The Balaban J connectivity index is 2.51. The Morgan fingerprint density at radius 1 is 1.58 bits per heavy atom. The zero-order chi connectivity index (χ0) is 14.2. The highest BCUT2D eigenvalue weighted by Crippen LogP contribution is 2.34. The van der Waals surface area contributed by atoms with Crippen molar-refractivity contribution in [1.29, 1.82) is 0 Å². The molecule has 1 aromatic heterocycles. The molecule has 1 aromatic rings. The highest BCUT2D eigenvalue weighted by molar-refractivity contribution is 9.10. The number of amides is 2. The standard InChI is InChI=1S/C12H13BrN2O3S/c1-6-9(11(16)18-3)10(14-12(17)15(6)2)8-4-7(13)5-19-8/h4-5,10H,1-3H3,(H,14,17). The number of rotatable bonds is 2. The molecule has 5 nitrogen and oxygen atoms in total. The zero-order valence-electron chi connectivity index (χ0n) is 10.7. The minimum atomic E-state index is -0.465. The minimum Gasteiger partial charge on any atom is -0.466 e. The van der Waals surface area contributed by atoms with Crippen molar-refractivity contribution in [3.8, 4) is 0 Å². The van der Waals surface area contributed by atoms with Gasteiger partial charge in [0, 0.05) is 27.5 Å². The molecule has 2 amide bonds. The molecule has 0 spiro atoms. The molecule has 2 heterocycles. The van der Waals surface area contributed by atoms with Crippen LogP contribution in [0.2, 0.25) is 0 Å². The third kappa shape index (κ3) is 2.52. The molecule has 19 heavy (non-hydrogen) atoms. The molecule has 0 fully saturated rings. The Labute approximate surface area is 123 Å². The van der Waals surface area contributed by atoms with Crippen LogP contribution in [-0.2, 0) is 9.53 Å². The number of nitrogens with one attached hydrogen (secondary N) is 1. The monoisotopic (exact) mass is 344 g/mol. The van der Waals surface area contributed by atoms with Crippen LogP contribution in [0, 0.1) is 0 Å². The van der Waals surface area contributed by atoms with Gasteiger partial charge in [-0.2, -0.15) is 0 Å². The van der Waals surface area contributed by atoms with Gasteiger partial charge in [-0.05, 0) is 28.9 Å². The SMILES string of the molecule is COC(=O)C1=C(C)N(C)C(=O)NC1c1cc(Br)cs1. The largest absolute Gasteiger partial charge is 0.466 e. The van der Waals surface area contributed by atoms with Crippen molar-refractivity contribution < 1.29 is 14.3 Å². The zero-order valence-corrected chi connectivity index (χ0v) is 13.1. The van der Waals surface area contributed by atoms with Crippen molar-refractivity contribution in [2.24, 2.45) is 0 Å². The van der Waals surface area contributed by atoms with E-state index >= 15 is 0 Å². The highest BCUT2D eigenvalue weighted by Gasteiger charge is 2.35. The lowest BCUT2D eigenvalue weighted by atomic mass is 10.0. The van der Waals surface area contributed by atoms with E-state index in [-0.39, 0.29) is 6.03 Å². The number of hydrogen-bond donors (Lipinski definition) is 1. The molecule has 1 unspecified atom stereocenters. The third-order valence-electron chi connectivity index (χ3n) is 3.03. The number of ether oxygens (including phenoxy) is 1. The van der Waals surface area contributed by atoms with Crippen LogP contribution in [0.25, 0.3) is 0 Å². The van der Waals surface area contributed by atoms with Crippen LogP contribution in [0.1, 0.15) is 17.8 Å². The molecule has 0 bridgehead atoms. The number of allylic oxidation sites excluding steroid dienone is 1. The predicted octanol–water partition coefficient (Wildman–Crippen LogP) is 2.65. The molecule has 0 saturated carbocycles. The third-order valence-corrected chi connectivity index (χ3v) is 4.79. The first-order valence-corrected chi connectivity index (χ1v) is 7.20. The average Bonchev–Trinajstić information content (AvgIpc) is 2.81. The van der Waals surface area contributed by atoms with Gasteiger partial charge in [-0.25, -0.2) is 9.59 Å². The van der Waals surface area contributed by atoms with E-state index in [2.05, 4.69) is 21.2 Å². The normalized spacial score (nSPS) is 19.5. The molecule has 1 aliphatic rings. The molecule has 0 aromatic carbocycles. The van der Waals surface area contributed by atoms with Crippen molar-refractivity contribution in [3.05, 3.63) is 32.1 Å². The van der Waals surface area contributed by atoms with Gasteiger partial charge in [-0.3, -0.25) is 0 Å². The number of esters is 1. The van der Waals surface area contributed by atoms with Crippen LogP contribution in [0.5, 0.6) is 0 Å². The van der Waals surface area contributed by atoms with Crippen LogP contribution in [0.4, 0.5) is 4.79 Å². The van der Waals surface area contributed by atoms with E-state index in [0.29, 0.717) is 11.3 Å². The van der Waals surface area contributed by atoms with Gasteiger partial charge in [0.1, 0.15) is 0 Å². The first-order valence-electron chi connectivity index (χ1n) is 5.53. The Bertz CT molecular complexity index is 567. The van der Waals surface area contributed by atoms with Crippen LogP contribution in [0.3, 0.4) is 0 Å². The minimum absolute atomic E-state index is 0.236. The lowest BCUT2D eigenvalue weighted by molar-refractivity contribution is -0.136. The van der Waals surface area contributed by atoms with Crippen LogP contribution in [0.15, 0.2) is 27.2 Å². The lowest BCUT2D eigenvalue weighted by Gasteiger charge is -2.32. The smallest absolute Gasteiger partial charge is 0.338 e. The van der Waals surface area contributed by atoms with Gasteiger partial charge in [0.2, 0.25) is 0 Å². The molecule has 0 radical (unpaired) electrons. The summed E-state index contributed by atoms with van der Waals surface area (Å²) >= 11 is 4.84. The number of hydrogen-bond acceptors (Lipinski definition) is 4. The van der Waals surface area contributed by atoms with Crippen molar-refractivity contribution in [3.63, 3.8) is 0 Å². The van der Waals surface area contributed by atoms with E-state index in [1.807, 2.05) is 11.4 Å². The molecule has 2 rings (SSSR count). The molecule has 0 aliphatic carbocycles. The first-order chi connectivity index (χ1) is 8.95. The fourth-order valence-corrected chi connectivity index (χ4v) is 3.41. The summed E-state index contributed by atoms with van der Waals surface area (Å²) in [6.45, 7) is 1.74. The van der Waals surface area contributed by atoms with E-state index in [1.54, 1.807) is 14.0 Å². The number of urea groups is 1. The Kier molecular flexibility index (Phi) is 3.96. The van der Waals surface area contributed by atoms with Gasteiger partial charge >= 0.3 is 12.0 Å². The van der Waals surface area contributed by atoms with Crippen molar-refractivity contribution in [2.75, 3.05) is 14.2 Å². The molecule has 7 heteroatoms. The predicted molar refractivity (Wildman–Crippen MR) is 75.8 cm³/mol. The number of thiophene rings is 1. The number of nitrogens with zero attached hydrogens (tertiary/aromatic N) is 1. The number of halogens is 1. The molecular weight excluding hydrogens is 332 g/mol. The number of carbonyl (C=O) groups excluding carboxylic acids is 2. The summed E-state index contributed by atoms with van der Waals surface area (Å²) in [4.78, 5) is 26.1. The molecule has 0 saturated heterocycles. The van der Waals surface area contributed by atoms with Crippen molar-refractivity contribution >= 4 is 39.3 Å². The van der Waals surface area contributed by atoms with Crippen molar-refractivity contribution in [1.82, 2.24) is 10.2 Å². The second kappa shape index (κ2) is 5.34. The van der Waals surface area contributed by atoms with E-state index in [1.165, 1.54) is 23.3 Å². The quantitative estimate of drug-likeness (QED) is 0.839. The average molecular weight is 345 g/mol. The van der Waals surface area contributed by atoms with Gasteiger partial charge < -0.3 is 15.0 Å². The van der Waals surface area contributed by atoms with Gasteiger partial charge in [-0.15, -0.1) is 11.3 Å². The van der Waals surface area contributed by atoms with Gasteiger partial charge in [0.25, 0.3) is 0 Å². The molecule has 1 aliphatic heterocycles. The second-order valence-electron chi connectivity index (χ2n) is 4.10. The maximum atomic E-state index is 12.0. The van der Waals surface area contributed by atoms with E-state index < -0.39 is 12.0 Å². The Morgan fingerprint density at radius 3 is 2.79 bits per heavy atom. The lowest BCUT2D eigenvalue weighted by Crippen LogP contribution is -2.45. The number of carbonyl (C=O) groups is 2. The molecule has 1 N–H and O–H groups in total. The Morgan fingerprint density at radius 2 is 2.26 bits per heavy atom. The summed E-state index contributed by atoms with van der Waals surface area (Å²) in [6.07, 6.45) is 0. The maximum Gasteiger partial charge on any atom is 0.338 e. The fourth-order valence-electron chi connectivity index (χ4n) is 1.90. The first kappa shape index (κ1) is 14.1. The fraction of sp³-hybridized carbons (Fsp3) is 0.333. The molecule has 102 valence electrons. The van der Waals surface area contributed by atoms with E-state index in [9.17, 15) is 9.59 Å². The summed E-state index contributed by atoms with van der Waals surface area (Å²) in [5, 5.41) is 4.72. The second-order valence-corrected chi connectivity index (χ2v) is 5.96. The molecular formula is C12H13BrN2O3S. The summed E-state index contributed by atoms with van der Waals surface area (Å²) < 4.78 is 5.74. The summed E-state index contributed by atoms with van der Waals surface area (Å²) in [7, 11) is 2.95. The summed E-state index contributed by atoms with van der Waals surface area (Å²) in [5.41, 5.74) is 1.06.